The second-order valence-electron chi connectivity index (χ2n) is 9.99. The highest BCUT2D eigenvalue weighted by molar-refractivity contribution is 9.11. The lowest BCUT2D eigenvalue weighted by molar-refractivity contribution is -0.128. The Morgan fingerprint density at radius 3 is 2.80 bits per heavy atom. The van der Waals surface area contributed by atoms with Crippen LogP contribution in [0.5, 0.6) is 0 Å². The minimum absolute atomic E-state index is 0.0487. The maximum absolute atomic E-state index is 13.9. The standard InChI is InChI=1S/C29H33BrClNO3/c1-20(2)13-14-21(3)29(35-19-28(18-33)15-16-28)26-24(11-6-12-25(26)31)27(34)32(29)17-22-7-4-9-23(30)10-5-8-22/h4,6-7,10-14,22,33H,1,3,5,8-9,15-19H2,2H3/b7-4-,14-13-,23-10+. The number of aliphatic hydroxyl groups excluding tert-OH is 1. The third-order valence-corrected chi connectivity index (χ3v) is 8.10. The Kier molecular flexibility index (Phi) is 7.92. The Bertz CT molecular complexity index is 1120. The Labute approximate surface area is 221 Å². The summed E-state index contributed by atoms with van der Waals surface area (Å²) in [6, 6.07) is 5.40. The maximum atomic E-state index is 13.9. The van der Waals surface area contributed by atoms with Crippen LogP contribution in [-0.2, 0) is 10.5 Å². The van der Waals surface area contributed by atoms with Gasteiger partial charge in [-0.1, -0.05) is 82.7 Å². The highest BCUT2D eigenvalue weighted by Gasteiger charge is 2.56. The van der Waals surface area contributed by atoms with E-state index in [1.54, 1.807) is 17.0 Å². The van der Waals surface area contributed by atoms with Gasteiger partial charge < -0.3 is 14.7 Å². The van der Waals surface area contributed by atoms with Crippen LogP contribution in [0.1, 0.15) is 54.9 Å². The summed E-state index contributed by atoms with van der Waals surface area (Å²) in [5.41, 5.74) is 1.12. The van der Waals surface area contributed by atoms with E-state index in [0.29, 0.717) is 34.9 Å². The molecule has 1 heterocycles. The van der Waals surface area contributed by atoms with Crippen LogP contribution >= 0.6 is 27.5 Å². The van der Waals surface area contributed by atoms with Crippen molar-refractivity contribution in [2.45, 2.75) is 44.8 Å². The number of carbonyl (C=O) groups is 1. The van der Waals surface area contributed by atoms with Gasteiger partial charge in [0.25, 0.3) is 5.91 Å². The zero-order valence-electron chi connectivity index (χ0n) is 20.2. The van der Waals surface area contributed by atoms with E-state index >= 15 is 0 Å². The molecule has 2 atom stereocenters. The first-order valence-corrected chi connectivity index (χ1v) is 13.3. The van der Waals surface area contributed by atoms with Crippen LogP contribution in [0.4, 0.5) is 0 Å². The van der Waals surface area contributed by atoms with E-state index in [4.69, 9.17) is 16.3 Å². The number of amides is 1. The monoisotopic (exact) mass is 557 g/mol. The van der Waals surface area contributed by atoms with Gasteiger partial charge in [0.05, 0.1) is 13.2 Å². The second-order valence-corrected chi connectivity index (χ2v) is 11.4. The molecule has 6 heteroatoms. The van der Waals surface area contributed by atoms with Crippen LogP contribution in [0.3, 0.4) is 0 Å². The summed E-state index contributed by atoms with van der Waals surface area (Å²) in [5, 5.41) is 10.5. The van der Waals surface area contributed by atoms with Crippen molar-refractivity contribution in [2.24, 2.45) is 11.3 Å². The maximum Gasteiger partial charge on any atom is 0.257 e. The molecule has 4 rings (SSSR count). The van der Waals surface area contributed by atoms with Crippen LogP contribution in [0.25, 0.3) is 0 Å². The van der Waals surface area contributed by atoms with Crippen molar-refractivity contribution in [3.8, 4) is 0 Å². The number of allylic oxidation sites excluding steroid dienone is 5. The summed E-state index contributed by atoms with van der Waals surface area (Å²) in [6.45, 7) is 11.1. The summed E-state index contributed by atoms with van der Waals surface area (Å²) in [7, 11) is 0. The van der Waals surface area contributed by atoms with Crippen molar-refractivity contribution in [2.75, 3.05) is 19.8 Å². The number of carbonyl (C=O) groups excluding carboxylic acids is 1. The van der Waals surface area contributed by atoms with E-state index in [9.17, 15) is 9.90 Å². The predicted molar refractivity (Wildman–Crippen MR) is 145 cm³/mol. The third kappa shape index (κ3) is 5.29. The Morgan fingerprint density at radius 1 is 1.34 bits per heavy atom. The van der Waals surface area contributed by atoms with E-state index < -0.39 is 5.72 Å². The van der Waals surface area contributed by atoms with Crippen molar-refractivity contribution < 1.29 is 14.6 Å². The van der Waals surface area contributed by atoms with Crippen molar-refractivity contribution in [3.63, 3.8) is 0 Å². The topological polar surface area (TPSA) is 49.8 Å². The quantitative estimate of drug-likeness (QED) is 0.261. The van der Waals surface area contributed by atoms with Crippen LogP contribution in [-0.4, -0.2) is 35.7 Å². The number of halogens is 2. The average molecular weight is 559 g/mol. The molecule has 0 saturated heterocycles. The number of benzene rings is 1. The lowest BCUT2D eigenvalue weighted by atomic mass is 9.91. The number of hydrogen-bond acceptors (Lipinski definition) is 3. The van der Waals surface area contributed by atoms with Gasteiger partial charge in [0.15, 0.2) is 5.72 Å². The van der Waals surface area contributed by atoms with E-state index in [2.05, 4.69) is 47.3 Å². The van der Waals surface area contributed by atoms with Crippen LogP contribution in [0.2, 0.25) is 5.02 Å². The van der Waals surface area contributed by atoms with Crippen LogP contribution < -0.4 is 0 Å². The zero-order valence-corrected chi connectivity index (χ0v) is 22.6. The molecule has 2 aliphatic carbocycles. The number of hydrogen-bond donors (Lipinski definition) is 1. The SMILES string of the molecule is C=C(C)/C=C\C(=C)C1(OCC2(CO)CC2)c2c(Cl)cccc2C(=O)N1CC1/C=C\C/C(Br)=C\CC1. The van der Waals surface area contributed by atoms with Gasteiger partial charge in [0.2, 0.25) is 0 Å². The van der Waals surface area contributed by atoms with Gasteiger partial charge in [-0.05, 0) is 61.6 Å². The molecule has 0 radical (unpaired) electrons. The van der Waals surface area contributed by atoms with E-state index in [-0.39, 0.29) is 23.8 Å². The molecule has 1 amide bonds. The number of fused-ring (bicyclic) bond motifs is 1. The van der Waals surface area contributed by atoms with E-state index in [0.717, 1.165) is 37.7 Å². The molecule has 0 aromatic heterocycles. The summed E-state index contributed by atoms with van der Waals surface area (Å²) >= 11 is 10.4. The fourth-order valence-electron chi connectivity index (χ4n) is 4.79. The van der Waals surface area contributed by atoms with E-state index in [1.165, 1.54) is 4.48 Å². The molecule has 4 nitrogen and oxygen atoms in total. The third-order valence-electron chi connectivity index (χ3n) is 7.13. The van der Waals surface area contributed by atoms with Crippen molar-refractivity contribution in [3.05, 3.63) is 93.5 Å². The first-order valence-electron chi connectivity index (χ1n) is 12.1. The number of nitrogens with zero attached hydrogens (tertiary/aromatic N) is 1. The second kappa shape index (κ2) is 10.6. The first kappa shape index (κ1) is 26.2. The molecular weight excluding hydrogens is 526 g/mol. The average Bonchev–Trinajstić information content (AvgIpc) is 3.56. The van der Waals surface area contributed by atoms with Crippen molar-refractivity contribution in [1.82, 2.24) is 4.90 Å². The molecule has 1 aromatic rings. The highest BCUT2D eigenvalue weighted by atomic mass is 79.9. The number of rotatable bonds is 9. The predicted octanol–water partition coefficient (Wildman–Crippen LogP) is 7.06. The van der Waals surface area contributed by atoms with Gasteiger partial charge in [-0.3, -0.25) is 4.79 Å². The van der Waals surface area contributed by atoms with Gasteiger partial charge >= 0.3 is 0 Å². The van der Waals surface area contributed by atoms with Gasteiger partial charge in [-0.2, -0.15) is 0 Å². The zero-order chi connectivity index (χ0) is 25.2. The minimum atomic E-state index is -1.26. The molecule has 35 heavy (non-hydrogen) atoms. The molecule has 1 aromatic carbocycles. The minimum Gasteiger partial charge on any atom is -0.396 e. The summed E-state index contributed by atoms with van der Waals surface area (Å²) in [6.07, 6.45) is 14.7. The summed E-state index contributed by atoms with van der Waals surface area (Å²) < 4.78 is 7.92. The van der Waals surface area contributed by atoms with Crippen molar-refractivity contribution >= 4 is 33.4 Å². The molecule has 1 N–H and O–H groups in total. The molecule has 1 aliphatic heterocycles. The Hall–Kier alpha value is -1.92. The first-order chi connectivity index (χ1) is 16.7. The molecular formula is C29H33BrClNO3. The Morgan fingerprint density at radius 2 is 2.11 bits per heavy atom. The molecule has 2 unspecified atom stereocenters. The molecule has 186 valence electrons. The normalized spacial score (nSPS) is 27.7. The fraction of sp³-hybridized carbons (Fsp3) is 0.414. The summed E-state index contributed by atoms with van der Waals surface area (Å²) in [4.78, 5) is 15.7. The van der Waals surface area contributed by atoms with Gasteiger partial charge in [0.1, 0.15) is 0 Å². The van der Waals surface area contributed by atoms with Crippen molar-refractivity contribution in [1.29, 1.82) is 0 Å². The lowest BCUT2D eigenvalue weighted by Crippen LogP contribution is -2.50. The van der Waals surface area contributed by atoms with Gasteiger partial charge in [-0.15, -0.1) is 0 Å². The smallest absolute Gasteiger partial charge is 0.257 e. The van der Waals surface area contributed by atoms with E-state index in [1.807, 2.05) is 25.1 Å². The lowest BCUT2D eigenvalue weighted by Gasteiger charge is -2.42. The van der Waals surface area contributed by atoms with Crippen LogP contribution in [0.15, 0.2) is 77.4 Å². The Balaban J connectivity index is 1.79. The summed E-state index contributed by atoms with van der Waals surface area (Å²) in [5.74, 6) is 0.0333. The van der Waals surface area contributed by atoms with Gasteiger partial charge in [-0.25, -0.2) is 0 Å². The molecule has 0 bridgehead atoms. The molecule has 1 saturated carbocycles. The number of aliphatic hydroxyl groups is 1. The van der Waals surface area contributed by atoms with Gasteiger partial charge in [0, 0.05) is 33.7 Å². The molecule has 1 fully saturated rings. The van der Waals surface area contributed by atoms with Crippen LogP contribution in [0, 0.1) is 11.3 Å². The highest BCUT2D eigenvalue weighted by Crippen LogP contribution is 2.52. The molecule has 0 spiro atoms. The fourth-order valence-corrected chi connectivity index (χ4v) is 5.51. The molecule has 3 aliphatic rings. The number of ether oxygens (including phenoxy) is 1. The largest absolute Gasteiger partial charge is 0.396 e.